The predicted molar refractivity (Wildman–Crippen MR) is 119 cm³/mol. The molecular weight excluding hydrogens is 434 g/mol. The minimum atomic E-state index is -0.741. The van der Waals surface area contributed by atoms with E-state index in [0.29, 0.717) is 7.25 Å². The summed E-state index contributed by atoms with van der Waals surface area (Å²) in [5.74, 6) is 0. The van der Waals surface area contributed by atoms with Crippen LogP contribution in [0.1, 0.15) is 43.4 Å². The zero-order chi connectivity index (χ0) is 19.1. The molecule has 3 aromatic rings. The van der Waals surface area contributed by atoms with Crippen LogP contribution in [-0.2, 0) is 23.2 Å². The van der Waals surface area contributed by atoms with Gasteiger partial charge in [-0.3, -0.25) is 0 Å². The Morgan fingerprint density at radius 2 is 1.39 bits per heavy atom. The molecule has 0 aliphatic heterocycles. The minimum absolute atomic E-state index is 0.686. The first-order valence-corrected chi connectivity index (χ1v) is 13.7. The fourth-order valence-corrected chi connectivity index (χ4v) is 11.0. The maximum absolute atomic E-state index is 2.42. The summed E-state index contributed by atoms with van der Waals surface area (Å²) in [4.78, 5) is 0. The predicted octanol–water partition coefficient (Wildman–Crippen LogP) is 6.72. The van der Waals surface area contributed by atoms with E-state index in [1.54, 1.807) is 27.6 Å². The SMILES string of the molecule is CC1=Cc2ccccc2[CH]1[Zr][CH]1C(C)=C(Pc2ccccc2)c2ccccc21. The van der Waals surface area contributed by atoms with Crippen LogP contribution in [0.2, 0.25) is 0 Å². The molecule has 0 fully saturated rings. The Labute approximate surface area is 181 Å². The van der Waals surface area contributed by atoms with Gasteiger partial charge in [0.05, 0.1) is 0 Å². The maximum atomic E-state index is 2.42. The molecule has 0 radical (unpaired) electrons. The molecule has 0 bridgehead atoms. The van der Waals surface area contributed by atoms with E-state index in [-0.39, 0.29) is 0 Å². The van der Waals surface area contributed by atoms with Crippen LogP contribution in [-0.4, -0.2) is 0 Å². The van der Waals surface area contributed by atoms with Gasteiger partial charge in [0.25, 0.3) is 0 Å². The fourth-order valence-electron chi connectivity index (χ4n) is 4.48. The second kappa shape index (κ2) is 7.70. The van der Waals surface area contributed by atoms with E-state index >= 15 is 0 Å². The molecule has 2 aliphatic carbocycles. The van der Waals surface area contributed by atoms with Crippen molar-refractivity contribution >= 4 is 25.3 Å². The summed E-state index contributed by atoms with van der Waals surface area (Å²) in [5, 5.41) is 3.04. The van der Waals surface area contributed by atoms with Crippen LogP contribution in [0.5, 0.6) is 0 Å². The summed E-state index contributed by atoms with van der Waals surface area (Å²) >= 11 is -0.741. The molecule has 0 N–H and O–H groups in total. The summed E-state index contributed by atoms with van der Waals surface area (Å²) in [7, 11) is 0.754. The molecule has 3 aromatic carbocycles. The number of benzene rings is 3. The van der Waals surface area contributed by atoms with Gasteiger partial charge in [-0.2, -0.15) is 0 Å². The van der Waals surface area contributed by atoms with Crippen molar-refractivity contribution in [2.75, 3.05) is 0 Å². The topological polar surface area (TPSA) is 0 Å². The van der Waals surface area contributed by atoms with Gasteiger partial charge in [0.15, 0.2) is 0 Å². The molecule has 2 heteroatoms. The molecule has 0 aromatic heterocycles. The van der Waals surface area contributed by atoms with Crippen molar-refractivity contribution in [3.8, 4) is 0 Å². The van der Waals surface area contributed by atoms with Crippen molar-refractivity contribution in [3.05, 3.63) is 112 Å². The third kappa shape index (κ3) is 3.24. The second-order valence-electron chi connectivity index (χ2n) is 7.69. The van der Waals surface area contributed by atoms with Crippen molar-refractivity contribution in [1.29, 1.82) is 0 Å². The third-order valence-corrected chi connectivity index (χ3v) is 12.8. The number of rotatable bonds is 4. The van der Waals surface area contributed by atoms with Gasteiger partial charge in [-0.15, -0.1) is 0 Å². The summed E-state index contributed by atoms with van der Waals surface area (Å²) in [5.41, 5.74) is 9.37. The van der Waals surface area contributed by atoms with Crippen LogP contribution >= 0.6 is 8.58 Å². The molecule has 5 rings (SSSR count). The molecule has 3 atom stereocenters. The molecular formula is C26H23PZr. The van der Waals surface area contributed by atoms with E-state index in [1.165, 1.54) is 16.4 Å². The van der Waals surface area contributed by atoms with Crippen LogP contribution in [0.25, 0.3) is 11.4 Å². The van der Waals surface area contributed by atoms with Gasteiger partial charge in [-0.05, 0) is 0 Å². The van der Waals surface area contributed by atoms with E-state index in [4.69, 9.17) is 0 Å². The van der Waals surface area contributed by atoms with E-state index < -0.39 is 23.2 Å². The number of allylic oxidation sites excluding steroid dienone is 2. The summed E-state index contributed by atoms with van der Waals surface area (Å²) < 4.78 is 1.39. The Morgan fingerprint density at radius 3 is 2.21 bits per heavy atom. The van der Waals surface area contributed by atoms with Crippen molar-refractivity contribution in [2.45, 2.75) is 21.1 Å². The molecule has 0 spiro atoms. The number of hydrogen-bond acceptors (Lipinski definition) is 0. The standard InChI is InChI=1S/C16H14P.C10H9.Zr/c1-12-11-13-7-5-6-10-15(13)16(12)17-14-8-3-2-4-9-14;1-8-6-9-4-2-3-5-10(9)7-8;/h2-11,17H,1H3;2-7H,1H3;. The van der Waals surface area contributed by atoms with Crippen molar-refractivity contribution < 1.29 is 23.2 Å². The first kappa shape index (κ1) is 18.5. The zero-order valence-electron chi connectivity index (χ0n) is 16.2. The zero-order valence-corrected chi connectivity index (χ0v) is 19.7. The third-order valence-electron chi connectivity index (χ3n) is 5.89. The molecule has 0 saturated carbocycles. The number of fused-ring (bicyclic) bond motifs is 2. The molecule has 28 heavy (non-hydrogen) atoms. The van der Waals surface area contributed by atoms with Crippen LogP contribution < -0.4 is 5.30 Å². The van der Waals surface area contributed by atoms with Crippen LogP contribution in [0.15, 0.2) is 90.0 Å². The molecule has 0 saturated heterocycles. The fraction of sp³-hybridized carbons (Fsp3) is 0.154. The van der Waals surface area contributed by atoms with Gasteiger partial charge in [-0.1, -0.05) is 0 Å². The van der Waals surface area contributed by atoms with E-state index in [1.807, 2.05) is 0 Å². The van der Waals surface area contributed by atoms with E-state index in [9.17, 15) is 0 Å². The Bertz CT molecular complexity index is 1090. The number of hydrogen-bond donors (Lipinski definition) is 0. The Morgan fingerprint density at radius 1 is 0.714 bits per heavy atom. The van der Waals surface area contributed by atoms with Crippen LogP contribution in [0.4, 0.5) is 0 Å². The van der Waals surface area contributed by atoms with E-state index in [2.05, 4.69) is 98.8 Å². The summed E-state index contributed by atoms with van der Waals surface area (Å²) in [6.07, 6.45) is 2.42. The first-order valence-electron chi connectivity index (χ1n) is 9.87. The molecule has 0 amide bonds. The Kier molecular flexibility index (Phi) is 5.08. The van der Waals surface area contributed by atoms with Crippen LogP contribution in [0, 0.1) is 0 Å². The first-order chi connectivity index (χ1) is 13.7. The van der Waals surface area contributed by atoms with Crippen LogP contribution in [0.3, 0.4) is 0 Å². The molecule has 2 aliphatic rings. The average molecular weight is 458 g/mol. The molecule has 3 unspecified atom stereocenters. The van der Waals surface area contributed by atoms with E-state index in [0.717, 1.165) is 8.58 Å². The van der Waals surface area contributed by atoms with Gasteiger partial charge in [-0.25, -0.2) is 0 Å². The summed E-state index contributed by atoms with van der Waals surface area (Å²) in [6, 6.07) is 29.2. The molecule has 0 heterocycles. The Hall–Kier alpha value is -1.55. The molecule has 136 valence electrons. The van der Waals surface area contributed by atoms with Gasteiger partial charge < -0.3 is 0 Å². The average Bonchev–Trinajstić information content (AvgIpc) is 3.18. The monoisotopic (exact) mass is 456 g/mol. The van der Waals surface area contributed by atoms with Crippen molar-refractivity contribution in [1.82, 2.24) is 0 Å². The Balaban J connectivity index is 1.52. The second-order valence-corrected chi connectivity index (χ2v) is 12.7. The van der Waals surface area contributed by atoms with Gasteiger partial charge in [0.1, 0.15) is 0 Å². The van der Waals surface area contributed by atoms with Gasteiger partial charge in [0.2, 0.25) is 0 Å². The summed E-state index contributed by atoms with van der Waals surface area (Å²) in [6.45, 7) is 4.76. The van der Waals surface area contributed by atoms with Crippen molar-refractivity contribution in [3.63, 3.8) is 0 Å². The van der Waals surface area contributed by atoms with Gasteiger partial charge in [0, 0.05) is 0 Å². The van der Waals surface area contributed by atoms with Gasteiger partial charge >= 0.3 is 182 Å². The quantitative estimate of drug-likeness (QED) is 0.382. The van der Waals surface area contributed by atoms with Crippen molar-refractivity contribution in [2.24, 2.45) is 0 Å². The normalized spacial score (nSPS) is 20.4. The molecule has 0 nitrogen and oxygen atoms in total.